The van der Waals surface area contributed by atoms with E-state index < -0.39 is 114 Å². The molecule has 1 aromatic carbocycles. The number of carboxylic acid groups (broad SMARTS) is 2. The number of nitrogens with zero attached hydrogens (tertiary/aromatic N) is 1. The molecule has 1 aromatic rings. The van der Waals surface area contributed by atoms with E-state index in [-0.39, 0.29) is 13.2 Å². The molecule has 1 saturated heterocycles. The molecule has 0 saturated carbocycles. The number of carbonyl (C=O) groups excluding carboxylic acids is 7. The predicted octanol–water partition coefficient (Wildman–Crippen LogP) is 0.616. The summed E-state index contributed by atoms with van der Waals surface area (Å²) < 4.78 is 5.46. The summed E-state index contributed by atoms with van der Waals surface area (Å²) in [7, 11) is 0. The Kier molecular flexibility index (Phi) is 18.9. The highest BCUT2D eigenvalue weighted by atomic mass is 16.5. The third kappa shape index (κ3) is 14.6. The van der Waals surface area contributed by atoms with Crippen LogP contribution < -0.4 is 26.6 Å². The Hall–Kier alpha value is -5.55. The Labute approximate surface area is 326 Å². The van der Waals surface area contributed by atoms with E-state index >= 15 is 0 Å². The zero-order valence-corrected chi connectivity index (χ0v) is 32.8. The number of nitrogens with one attached hydrogen (secondary N) is 5. The van der Waals surface area contributed by atoms with Crippen molar-refractivity contribution in [2.75, 3.05) is 6.54 Å². The van der Waals surface area contributed by atoms with Crippen LogP contribution >= 0.6 is 0 Å². The van der Waals surface area contributed by atoms with E-state index in [1.54, 1.807) is 39.8 Å². The van der Waals surface area contributed by atoms with E-state index in [2.05, 4.69) is 26.6 Å². The van der Waals surface area contributed by atoms with E-state index in [1.165, 1.54) is 4.90 Å². The number of carbonyl (C=O) groups is 9. The molecule has 7 N–H and O–H groups in total. The van der Waals surface area contributed by atoms with E-state index in [4.69, 9.17) is 4.74 Å². The van der Waals surface area contributed by atoms with Gasteiger partial charge in [0.2, 0.25) is 35.4 Å². The van der Waals surface area contributed by atoms with Crippen LogP contribution in [0.15, 0.2) is 30.3 Å². The van der Waals surface area contributed by atoms with Crippen LogP contribution in [-0.2, 0) is 54.5 Å². The smallest absolute Gasteiger partial charge is 0.328 e. The average molecular weight is 789 g/mol. The van der Waals surface area contributed by atoms with Crippen LogP contribution in [0, 0.1) is 11.8 Å². The molecule has 7 atom stereocenters. The van der Waals surface area contributed by atoms with Crippen molar-refractivity contribution in [1.82, 2.24) is 31.5 Å². The lowest BCUT2D eigenvalue weighted by Crippen LogP contribution is -2.61. The molecule has 18 heteroatoms. The number of ether oxygens (including phenoxy) is 1. The molecule has 310 valence electrons. The first-order chi connectivity index (χ1) is 26.4. The predicted molar refractivity (Wildman–Crippen MR) is 200 cm³/mol. The van der Waals surface area contributed by atoms with Gasteiger partial charge in [-0.2, -0.15) is 0 Å². The van der Waals surface area contributed by atoms with Crippen LogP contribution in [0.2, 0.25) is 0 Å². The zero-order valence-electron chi connectivity index (χ0n) is 32.8. The van der Waals surface area contributed by atoms with E-state index in [0.29, 0.717) is 32.1 Å². The van der Waals surface area contributed by atoms with Crippen LogP contribution in [0.4, 0.5) is 0 Å². The molecule has 1 aliphatic rings. The Morgan fingerprint density at radius 3 is 1.88 bits per heavy atom. The first-order valence-corrected chi connectivity index (χ1v) is 18.8. The lowest BCUT2D eigenvalue weighted by Gasteiger charge is -2.33. The maximum Gasteiger partial charge on any atom is 0.328 e. The first-order valence-electron chi connectivity index (χ1n) is 18.8. The minimum atomic E-state index is -1.78. The summed E-state index contributed by atoms with van der Waals surface area (Å²) in [5.74, 6) is -9.44. The Bertz CT molecular complexity index is 1550. The molecule has 56 heavy (non-hydrogen) atoms. The van der Waals surface area contributed by atoms with Gasteiger partial charge < -0.3 is 46.4 Å². The summed E-state index contributed by atoms with van der Waals surface area (Å²) in [4.78, 5) is 117. The molecule has 6 amide bonds. The Morgan fingerprint density at radius 1 is 0.768 bits per heavy atom. The molecule has 1 fully saturated rings. The lowest BCUT2D eigenvalue weighted by molar-refractivity contribution is -0.150. The molecule has 0 spiro atoms. The standard InChI is InChI=1S/C38H56N6O12/c1-7-13-25(38(55)56-20-24-14-10-9-11-15-24)40-35(52)28-16-12-17-44(28)37(54)31(21(3)4)42-36(53)32(22(5)8-2)43-34(51)27(19-30(48)49)41-33(50)26(18-29(46)47)39-23(6)45/h9-11,14-15,21-22,25-28,31-32H,7-8,12-13,16-20H2,1-6H3,(H,39,45)(H,40,52)(H,41,50)(H,42,53)(H,43,51)(H,46,47)(H,48,49)/t22-,25-,26-,27+,28-,31-,32-/m0/s1. The normalized spacial score (nSPS) is 16.9. The Balaban J connectivity index is 2.23. The number of benzene rings is 1. The maximum atomic E-state index is 14.1. The van der Waals surface area contributed by atoms with Gasteiger partial charge in [-0.05, 0) is 36.7 Å². The first kappa shape index (κ1) is 46.6. The quantitative estimate of drug-likeness (QED) is 0.0798. The van der Waals surface area contributed by atoms with Crippen molar-refractivity contribution in [3.05, 3.63) is 35.9 Å². The maximum absolute atomic E-state index is 14.1. The van der Waals surface area contributed by atoms with E-state index in [0.717, 1.165) is 12.5 Å². The summed E-state index contributed by atoms with van der Waals surface area (Å²) in [6.45, 7) is 9.88. The van der Waals surface area contributed by atoms with Crippen molar-refractivity contribution in [1.29, 1.82) is 0 Å². The van der Waals surface area contributed by atoms with Crippen LogP contribution in [0.25, 0.3) is 0 Å². The van der Waals surface area contributed by atoms with Gasteiger partial charge in [0.15, 0.2) is 0 Å². The number of rotatable bonds is 22. The van der Waals surface area contributed by atoms with Gasteiger partial charge in [-0.3, -0.25) is 38.4 Å². The van der Waals surface area contributed by atoms with Crippen molar-refractivity contribution in [3.63, 3.8) is 0 Å². The summed E-state index contributed by atoms with van der Waals surface area (Å²) >= 11 is 0. The van der Waals surface area contributed by atoms with Gasteiger partial charge in [0, 0.05) is 13.5 Å². The second-order valence-electron chi connectivity index (χ2n) is 14.2. The van der Waals surface area contributed by atoms with Gasteiger partial charge in [0.05, 0.1) is 12.8 Å². The van der Waals surface area contributed by atoms with Gasteiger partial charge in [-0.25, -0.2) is 4.79 Å². The number of carboxylic acids is 2. The van der Waals surface area contributed by atoms with Crippen molar-refractivity contribution >= 4 is 53.4 Å². The molecule has 0 bridgehead atoms. The van der Waals surface area contributed by atoms with Gasteiger partial charge in [0.25, 0.3) is 0 Å². The molecular weight excluding hydrogens is 732 g/mol. The van der Waals surface area contributed by atoms with Crippen LogP contribution in [0.1, 0.15) is 92.1 Å². The second kappa shape index (κ2) is 22.7. The fourth-order valence-electron chi connectivity index (χ4n) is 6.11. The summed E-state index contributed by atoms with van der Waals surface area (Å²) in [6.07, 6.45) is 0.223. The van der Waals surface area contributed by atoms with Crippen LogP contribution in [-0.4, -0.2) is 111 Å². The number of esters is 1. The summed E-state index contributed by atoms with van der Waals surface area (Å²) in [5, 5.41) is 30.9. The number of hydrogen-bond acceptors (Lipinski definition) is 10. The largest absolute Gasteiger partial charge is 0.481 e. The highest BCUT2D eigenvalue weighted by Gasteiger charge is 2.41. The van der Waals surface area contributed by atoms with Crippen LogP contribution in [0.3, 0.4) is 0 Å². The van der Waals surface area contributed by atoms with Crippen molar-refractivity contribution in [3.8, 4) is 0 Å². The van der Waals surface area contributed by atoms with E-state index in [1.807, 2.05) is 25.1 Å². The third-order valence-electron chi connectivity index (χ3n) is 9.35. The zero-order chi connectivity index (χ0) is 42.1. The molecule has 1 heterocycles. The minimum absolute atomic E-state index is 0.0262. The SMILES string of the molecule is CCC[C@H](NC(=O)[C@@H]1CCCN1C(=O)[C@@H](NC(=O)[C@@H](NC(=O)[C@@H](CC(=O)O)NC(=O)[C@H](CC(=O)O)NC(C)=O)[C@@H](C)CC)C(C)C)C(=O)OCc1ccccc1. The highest BCUT2D eigenvalue weighted by Crippen LogP contribution is 2.22. The molecular formula is C38H56N6O12. The van der Waals surface area contributed by atoms with Crippen molar-refractivity contribution in [2.45, 2.75) is 129 Å². The van der Waals surface area contributed by atoms with Gasteiger partial charge in [0.1, 0.15) is 42.9 Å². The molecule has 0 aliphatic carbocycles. The van der Waals surface area contributed by atoms with E-state index in [9.17, 15) is 53.4 Å². The Morgan fingerprint density at radius 2 is 1.34 bits per heavy atom. The number of aliphatic carboxylic acids is 2. The number of likely N-dealkylation sites (tertiary alicyclic amines) is 1. The topological polar surface area (TPSA) is 267 Å². The summed E-state index contributed by atoms with van der Waals surface area (Å²) in [5.41, 5.74) is 0.781. The number of hydrogen-bond donors (Lipinski definition) is 7. The fraction of sp³-hybridized carbons (Fsp3) is 0.605. The minimum Gasteiger partial charge on any atom is -0.481 e. The lowest BCUT2D eigenvalue weighted by atomic mass is 9.95. The van der Waals surface area contributed by atoms with Crippen molar-refractivity contribution < 1.29 is 58.1 Å². The van der Waals surface area contributed by atoms with Crippen LogP contribution in [0.5, 0.6) is 0 Å². The van der Waals surface area contributed by atoms with Gasteiger partial charge >= 0.3 is 17.9 Å². The third-order valence-corrected chi connectivity index (χ3v) is 9.35. The molecule has 0 radical (unpaired) electrons. The molecule has 0 unspecified atom stereocenters. The fourth-order valence-corrected chi connectivity index (χ4v) is 6.11. The molecule has 2 rings (SSSR count). The van der Waals surface area contributed by atoms with Gasteiger partial charge in [-0.1, -0.05) is 77.8 Å². The van der Waals surface area contributed by atoms with Gasteiger partial charge in [-0.15, -0.1) is 0 Å². The van der Waals surface area contributed by atoms with Crippen molar-refractivity contribution in [2.24, 2.45) is 11.8 Å². The molecule has 1 aliphatic heterocycles. The monoisotopic (exact) mass is 788 g/mol. The number of amides is 6. The second-order valence-corrected chi connectivity index (χ2v) is 14.2. The highest BCUT2D eigenvalue weighted by molar-refractivity contribution is 5.98. The molecule has 18 nitrogen and oxygen atoms in total. The molecule has 0 aromatic heterocycles. The average Bonchev–Trinajstić information content (AvgIpc) is 3.63. The summed E-state index contributed by atoms with van der Waals surface area (Å²) in [6, 6.07) is 1.31.